The molecule has 4 rings (SSSR count). The number of hydrogen-bond donors (Lipinski definition) is 1. The molecule has 1 aromatic heterocycles. The summed E-state index contributed by atoms with van der Waals surface area (Å²) >= 11 is 0. The maximum absolute atomic E-state index is 12.6. The number of allylic oxidation sites excluding steroid dienone is 2. The Morgan fingerprint density at radius 3 is 3.08 bits per heavy atom. The van der Waals surface area contributed by atoms with Crippen molar-refractivity contribution in [2.24, 2.45) is 11.8 Å². The van der Waals surface area contributed by atoms with Crippen LogP contribution in [0.4, 0.5) is 0 Å². The van der Waals surface area contributed by atoms with E-state index >= 15 is 0 Å². The van der Waals surface area contributed by atoms with Crippen LogP contribution in [0.1, 0.15) is 45.2 Å². The van der Waals surface area contributed by atoms with Gasteiger partial charge in [0.1, 0.15) is 12.2 Å². The summed E-state index contributed by atoms with van der Waals surface area (Å²) in [6, 6.07) is 5.88. The van der Waals surface area contributed by atoms with Gasteiger partial charge in [0.05, 0.1) is 17.2 Å². The van der Waals surface area contributed by atoms with Crippen molar-refractivity contribution in [2.45, 2.75) is 63.9 Å². The number of rotatable bonds is 4. The van der Waals surface area contributed by atoms with E-state index in [1.54, 1.807) is 6.20 Å². The number of epoxide rings is 1. The first-order valence-electron chi connectivity index (χ1n) is 9.71. The molecule has 2 saturated heterocycles. The Labute approximate surface area is 155 Å². The van der Waals surface area contributed by atoms with Crippen LogP contribution in [-0.4, -0.2) is 35.3 Å². The van der Waals surface area contributed by atoms with E-state index in [4.69, 9.17) is 9.47 Å². The number of hydrogen-bond acceptors (Lipinski definition) is 5. The summed E-state index contributed by atoms with van der Waals surface area (Å²) in [6.07, 6.45) is 8.12. The van der Waals surface area contributed by atoms with Gasteiger partial charge in [0.25, 0.3) is 0 Å². The van der Waals surface area contributed by atoms with E-state index in [1.807, 2.05) is 18.2 Å². The minimum absolute atomic E-state index is 0.0593. The molecule has 0 saturated carbocycles. The highest BCUT2D eigenvalue weighted by molar-refractivity contribution is 5.75. The van der Waals surface area contributed by atoms with Crippen molar-refractivity contribution >= 4 is 5.97 Å². The van der Waals surface area contributed by atoms with E-state index in [-0.39, 0.29) is 35.6 Å². The molecule has 2 aliphatic heterocycles. The number of nitrogens with zero attached hydrogens (tertiary/aromatic N) is 1. The van der Waals surface area contributed by atoms with Crippen molar-refractivity contribution in [2.75, 3.05) is 6.54 Å². The third kappa shape index (κ3) is 3.55. The second kappa shape index (κ2) is 7.12. The first kappa shape index (κ1) is 17.7. The molecule has 0 bridgehead atoms. The first-order chi connectivity index (χ1) is 12.6. The van der Waals surface area contributed by atoms with E-state index in [2.05, 4.69) is 30.2 Å². The molecule has 0 amide bonds. The zero-order chi connectivity index (χ0) is 18.1. The molecule has 0 spiro atoms. The average Bonchev–Trinajstić information content (AvgIpc) is 3.20. The van der Waals surface area contributed by atoms with Crippen LogP contribution in [0.25, 0.3) is 0 Å². The number of nitrogens with one attached hydrogen (secondary N) is 1. The molecule has 140 valence electrons. The summed E-state index contributed by atoms with van der Waals surface area (Å²) < 4.78 is 11.8. The highest BCUT2D eigenvalue weighted by Crippen LogP contribution is 2.50. The minimum atomic E-state index is -0.131. The molecular weight excluding hydrogens is 328 g/mol. The topological polar surface area (TPSA) is 63.8 Å². The molecule has 5 atom stereocenters. The second-order valence-electron chi connectivity index (χ2n) is 8.10. The fraction of sp³-hybridized carbons (Fsp3) is 0.619. The number of pyridine rings is 1. The third-order valence-corrected chi connectivity index (χ3v) is 6.14. The monoisotopic (exact) mass is 356 g/mol. The molecule has 5 heteroatoms. The van der Waals surface area contributed by atoms with Crippen LogP contribution in [-0.2, 0) is 20.8 Å². The molecular formula is C21H28N2O3. The van der Waals surface area contributed by atoms with Crippen molar-refractivity contribution in [1.82, 2.24) is 10.3 Å². The molecule has 2 fully saturated rings. The zero-order valence-corrected chi connectivity index (χ0v) is 15.6. The second-order valence-corrected chi connectivity index (χ2v) is 8.10. The number of carbonyl (C=O) groups excluding carboxylic acids is 1. The molecule has 26 heavy (non-hydrogen) atoms. The quantitative estimate of drug-likeness (QED) is 0.510. The van der Waals surface area contributed by atoms with Gasteiger partial charge in [-0.15, -0.1) is 0 Å². The molecule has 3 aliphatic rings. The van der Waals surface area contributed by atoms with E-state index in [1.165, 1.54) is 5.57 Å². The predicted octanol–water partition coefficient (Wildman–Crippen LogP) is 3.01. The minimum Gasteiger partial charge on any atom is -0.459 e. The predicted molar refractivity (Wildman–Crippen MR) is 98.3 cm³/mol. The molecule has 5 nitrogen and oxygen atoms in total. The summed E-state index contributed by atoms with van der Waals surface area (Å²) in [4.78, 5) is 16.9. The van der Waals surface area contributed by atoms with Gasteiger partial charge >= 0.3 is 5.97 Å². The van der Waals surface area contributed by atoms with Crippen LogP contribution in [0.15, 0.2) is 36.0 Å². The van der Waals surface area contributed by atoms with Crippen LogP contribution in [0.5, 0.6) is 0 Å². The van der Waals surface area contributed by atoms with Crippen LogP contribution in [0.2, 0.25) is 0 Å². The zero-order valence-electron chi connectivity index (χ0n) is 15.6. The highest BCUT2D eigenvalue weighted by Gasteiger charge is 2.62. The Kier molecular flexibility index (Phi) is 4.84. The average molecular weight is 356 g/mol. The van der Waals surface area contributed by atoms with Gasteiger partial charge in [-0.25, -0.2) is 0 Å². The molecule has 0 aromatic carbocycles. The summed E-state index contributed by atoms with van der Waals surface area (Å²) in [7, 11) is 0. The highest BCUT2D eigenvalue weighted by atomic mass is 16.6. The van der Waals surface area contributed by atoms with Crippen molar-refractivity contribution in [3.8, 4) is 0 Å². The van der Waals surface area contributed by atoms with Crippen molar-refractivity contribution in [3.63, 3.8) is 0 Å². The Morgan fingerprint density at radius 2 is 2.27 bits per heavy atom. The lowest BCUT2D eigenvalue weighted by atomic mass is 9.80. The van der Waals surface area contributed by atoms with Gasteiger partial charge in [0.15, 0.2) is 0 Å². The van der Waals surface area contributed by atoms with Gasteiger partial charge < -0.3 is 14.8 Å². The maximum atomic E-state index is 12.6. The molecule has 1 N–H and O–H groups in total. The fourth-order valence-corrected chi connectivity index (χ4v) is 4.43. The summed E-state index contributed by atoms with van der Waals surface area (Å²) in [5, 5.41) is 3.40. The van der Waals surface area contributed by atoms with Gasteiger partial charge in [-0.1, -0.05) is 17.7 Å². The Hall–Kier alpha value is -1.72. The van der Waals surface area contributed by atoms with E-state index in [0.29, 0.717) is 13.1 Å². The largest absolute Gasteiger partial charge is 0.459 e. The SMILES string of the molecule is CC1=CCCC2(C)OC2C2OC(=O)C(CNCc3ccccn3)C2CC1. The van der Waals surface area contributed by atoms with Crippen LogP contribution in [0.3, 0.4) is 0 Å². The van der Waals surface area contributed by atoms with Crippen LogP contribution < -0.4 is 5.32 Å². The Bertz CT molecular complexity index is 690. The van der Waals surface area contributed by atoms with Crippen molar-refractivity contribution in [3.05, 3.63) is 41.7 Å². The normalized spacial score (nSPS) is 36.5. The number of carbonyl (C=O) groups is 1. The molecule has 1 aromatic rings. The van der Waals surface area contributed by atoms with Gasteiger partial charge in [0.2, 0.25) is 0 Å². The van der Waals surface area contributed by atoms with Crippen molar-refractivity contribution < 1.29 is 14.3 Å². The lowest BCUT2D eigenvalue weighted by Gasteiger charge is -2.22. The van der Waals surface area contributed by atoms with Gasteiger partial charge in [-0.05, 0) is 51.7 Å². The number of aromatic nitrogens is 1. The van der Waals surface area contributed by atoms with Gasteiger partial charge in [0, 0.05) is 25.2 Å². The number of esters is 1. The van der Waals surface area contributed by atoms with Gasteiger partial charge in [-0.2, -0.15) is 0 Å². The lowest BCUT2D eigenvalue weighted by molar-refractivity contribution is -0.144. The maximum Gasteiger partial charge on any atom is 0.311 e. The first-order valence-corrected chi connectivity index (χ1v) is 9.71. The van der Waals surface area contributed by atoms with E-state index in [9.17, 15) is 4.79 Å². The molecule has 1 aliphatic carbocycles. The standard InChI is InChI=1S/C21H28N2O3/c1-14-6-5-10-21(2)19(26-21)18-16(9-8-14)17(20(24)25-18)13-22-12-15-7-3-4-11-23-15/h3-4,6-7,11,16-19,22H,5,8-10,12-13H2,1-2H3. The molecule has 3 heterocycles. The number of fused-ring (bicyclic) bond motifs is 3. The van der Waals surface area contributed by atoms with Crippen molar-refractivity contribution in [1.29, 1.82) is 0 Å². The summed E-state index contributed by atoms with van der Waals surface area (Å²) in [6.45, 7) is 5.64. The Morgan fingerprint density at radius 1 is 1.38 bits per heavy atom. The number of ether oxygens (including phenoxy) is 2. The van der Waals surface area contributed by atoms with Crippen LogP contribution in [0, 0.1) is 11.8 Å². The smallest absolute Gasteiger partial charge is 0.311 e. The van der Waals surface area contributed by atoms with E-state index in [0.717, 1.165) is 31.4 Å². The Balaban J connectivity index is 1.44. The fourth-order valence-electron chi connectivity index (χ4n) is 4.43. The summed E-state index contributed by atoms with van der Waals surface area (Å²) in [5.41, 5.74) is 2.26. The van der Waals surface area contributed by atoms with Crippen LogP contribution >= 0.6 is 0 Å². The molecule has 0 radical (unpaired) electrons. The molecule has 5 unspecified atom stereocenters. The summed E-state index contributed by atoms with van der Waals surface area (Å²) in [5.74, 6) is 0.0312. The lowest BCUT2D eigenvalue weighted by Crippen LogP contribution is -2.34. The third-order valence-electron chi connectivity index (χ3n) is 6.14. The van der Waals surface area contributed by atoms with Gasteiger partial charge in [-0.3, -0.25) is 9.78 Å². The van der Waals surface area contributed by atoms with E-state index < -0.39 is 0 Å².